The van der Waals surface area contributed by atoms with Gasteiger partial charge in [-0.15, -0.1) is 0 Å². The van der Waals surface area contributed by atoms with Crippen molar-refractivity contribution in [2.45, 2.75) is 52.4 Å². The number of benzene rings is 7. The number of para-hydroxylation sites is 2. The molecule has 7 aromatic carbocycles. The van der Waals surface area contributed by atoms with Crippen molar-refractivity contribution < 1.29 is 0 Å². The molecule has 0 spiro atoms. The van der Waals surface area contributed by atoms with Crippen molar-refractivity contribution in [3.8, 4) is 56.7 Å². The van der Waals surface area contributed by atoms with E-state index in [1.807, 2.05) is 48.8 Å². The highest BCUT2D eigenvalue weighted by atomic mass is 15.0. The molecular weight excluding hydrogens is 781 g/mol. The summed E-state index contributed by atoms with van der Waals surface area (Å²) < 4.78 is 4.80. The van der Waals surface area contributed by atoms with Gasteiger partial charge in [-0.2, -0.15) is 0 Å². The molecule has 0 saturated carbocycles. The number of aromatic nitrogens is 6. The predicted octanol–water partition coefficient (Wildman–Crippen LogP) is 14.7. The first kappa shape index (κ1) is 39.2. The first-order valence-electron chi connectivity index (χ1n) is 22.1. The van der Waals surface area contributed by atoms with E-state index in [2.05, 4.69) is 184 Å². The molecule has 0 radical (unpaired) electrons. The van der Waals surface area contributed by atoms with Gasteiger partial charge in [-0.25, -0.2) is 15.0 Å². The number of hydrogen-bond acceptors (Lipinski definition) is 4. The zero-order valence-electron chi connectivity index (χ0n) is 37.0. The van der Waals surface area contributed by atoms with Crippen LogP contribution >= 0.6 is 0 Å². The second kappa shape index (κ2) is 15.0. The molecule has 0 amide bonds. The SMILES string of the molecule is CC(C)(C)c1ccc2c(c1)c1ccccc1n2-c1ccc(-c2nc(-c3ccccc3)nc(-c3ccccc3)n2)c(-c2cnccc2-n2c3ccccc3c3cc(C(C)(C)C)ccc32)c1. The Bertz CT molecular complexity index is 3510. The van der Waals surface area contributed by atoms with Crippen LogP contribution in [0.2, 0.25) is 0 Å². The number of rotatable bonds is 6. The Morgan fingerprint density at radius 2 is 0.859 bits per heavy atom. The van der Waals surface area contributed by atoms with E-state index in [-0.39, 0.29) is 10.8 Å². The van der Waals surface area contributed by atoms with Gasteiger partial charge in [-0.3, -0.25) is 4.98 Å². The van der Waals surface area contributed by atoms with Crippen molar-refractivity contribution in [2.24, 2.45) is 0 Å². The third-order valence-corrected chi connectivity index (χ3v) is 12.6. The van der Waals surface area contributed by atoms with Crippen molar-refractivity contribution in [2.75, 3.05) is 0 Å². The molecule has 0 saturated heterocycles. The topological polar surface area (TPSA) is 61.4 Å². The molecule has 0 N–H and O–H groups in total. The molecule has 4 aromatic heterocycles. The molecule has 310 valence electrons. The van der Waals surface area contributed by atoms with Crippen LogP contribution in [0.3, 0.4) is 0 Å². The molecule has 11 aromatic rings. The Morgan fingerprint density at radius 3 is 1.42 bits per heavy atom. The van der Waals surface area contributed by atoms with Crippen LogP contribution in [0.25, 0.3) is 100 Å². The Labute approximate surface area is 373 Å². The summed E-state index contributed by atoms with van der Waals surface area (Å²) in [7, 11) is 0. The summed E-state index contributed by atoms with van der Waals surface area (Å²) in [6.45, 7) is 13.7. The summed E-state index contributed by atoms with van der Waals surface area (Å²) in [5.41, 5.74) is 13.8. The van der Waals surface area contributed by atoms with Gasteiger partial charge in [0.25, 0.3) is 0 Å². The van der Waals surface area contributed by atoms with Crippen molar-refractivity contribution in [1.29, 1.82) is 0 Å². The molecule has 64 heavy (non-hydrogen) atoms. The fourth-order valence-corrected chi connectivity index (χ4v) is 9.22. The molecule has 6 nitrogen and oxygen atoms in total. The van der Waals surface area contributed by atoms with E-state index in [9.17, 15) is 0 Å². The summed E-state index contributed by atoms with van der Waals surface area (Å²) >= 11 is 0. The predicted molar refractivity (Wildman–Crippen MR) is 265 cm³/mol. The molecule has 0 aliphatic rings. The van der Waals surface area contributed by atoms with Crippen LogP contribution in [0.1, 0.15) is 52.7 Å². The van der Waals surface area contributed by atoms with Gasteiger partial charge in [0, 0.05) is 61.9 Å². The van der Waals surface area contributed by atoms with Crippen LogP contribution in [0, 0.1) is 0 Å². The summed E-state index contributed by atoms with van der Waals surface area (Å²) in [6.07, 6.45) is 3.90. The highest BCUT2D eigenvalue weighted by Gasteiger charge is 2.24. The summed E-state index contributed by atoms with van der Waals surface area (Å²) in [5, 5.41) is 4.87. The molecular formula is C58H48N6. The van der Waals surface area contributed by atoms with E-state index in [1.165, 1.54) is 32.7 Å². The van der Waals surface area contributed by atoms with Crippen LogP contribution in [-0.4, -0.2) is 29.1 Å². The first-order chi connectivity index (χ1) is 31.0. The number of hydrogen-bond donors (Lipinski definition) is 0. The zero-order valence-corrected chi connectivity index (χ0v) is 37.0. The van der Waals surface area contributed by atoms with E-state index in [1.54, 1.807) is 0 Å². The Balaban J connectivity index is 1.22. The molecule has 0 aliphatic heterocycles. The maximum atomic E-state index is 5.28. The minimum atomic E-state index is -0.00255. The van der Waals surface area contributed by atoms with E-state index in [4.69, 9.17) is 19.9 Å². The minimum absolute atomic E-state index is 0.00255. The molecule has 4 heterocycles. The average molecular weight is 829 g/mol. The maximum Gasteiger partial charge on any atom is 0.164 e. The molecule has 0 fully saturated rings. The van der Waals surface area contributed by atoms with Crippen molar-refractivity contribution >= 4 is 43.6 Å². The second-order valence-corrected chi connectivity index (χ2v) is 18.8. The number of pyridine rings is 1. The van der Waals surface area contributed by atoms with E-state index < -0.39 is 0 Å². The molecule has 11 rings (SSSR count). The number of fused-ring (bicyclic) bond motifs is 6. The van der Waals surface area contributed by atoms with Crippen molar-refractivity contribution in [3.05, 3.63) is 193 Å². The van der Waals surface area contributed by atoms with Crippen LogP contribution in [0.4, 0.5) is 0 Å². The van der Waals surface area contributed by atoms with Gasteiger partial charge in [0.05, 0.1) is 27.8 Å². The van der Waals surface area contributed by atoms with Gasteiger partial charge in [0.15, 0.2) is 17.5 Å². The lowest BCUT2D eigenvalue weighted by molar-refractivity contribution is 0.591. The van der Waals surface area contributed by atoms with E-state index in [0.717, 1.165) is 61.3 Å². The normalized spacial score (nSPS) is 12.2. The summed E-state index contributed by atoms with van der Waals surface area (Å²) in [4.78, 5) is 20.5. The zero-order chi connectivity index (χ0) is 43.7. The summed E-state index contributed by atoms with van der Waals surface area (Å²) in [6, 6.07) is 60.5. The Kier molecular flexibility index (Phi) is 9.17. The Morgan fingerprint density at radius 1 is 0.375 bits per heavy atom. The highest BCUT2D eigenvalue weighted by Crippen LogP contribution is 2.43. The third-order valence-electron chi connectivity index (χ3n) is 12.6. The molecule has 0 aliphatic carbocycles. The van der Waals surface area contributed by atoms with Crippen LogP contribution in [-0.2, 0) is 10.8 Å². The van der Waals surface area contributed by atoms with Gasteiger partial charge in [-0.05, 0) is 88.2 Å². The van der Waals surface area contributed by atoms with Gasteiger partial charge in [-0.1, -0.05) is 151 Å². The minimum Gasteiger partial charge on any atom is -0.309 e. The molecule has 0 unspecified atom stereocenters. The van der Waals surface area contributed by atoms with E-state index >= 15 is 0 Å². The second-order valence-electron chi connectivity index (χ2n) is 18.8. The monoisotopic (exact) mass is 828 g/mol. The van der Waals surface area contributed by atoms with E-state index in [0.29, 0.717) is 17.5 Å². The highest BCUT2D eigenvalue weighted by molar-refractivity contribution is 6.11. The largest absolute Gasteiger partial charge is 0.309 e. The lowest BCUT2D eigenvalue weighted by Gasteiger charge is -2.20. The van der Waals surface area contributed by atoms with Gasteiger partial charge in [0.1, 0.15) is 0 Å². The van der Waals surface area contributed by atoms with Crippen molar-refractivity contribution in [3.63, 3.8) is 0 Å². The average Bonchev–Trinajstić information content (AvgIpc) is 3.83. The smallest absolute Gasteiger partial charge is 0.164 e. The fourth-order valence-electron chi connectivity index (χ4n) is 9.22. The standard InChI is InChI=1S/C58H48N6/c1-57(2,3)39-25-29-51-46(33-39)42-21-13-15-23-49(42)63(51)41-27-28-44(56-61-54(37-17-9-7-10-18-37)60-55(62-56)38-19-11-8-12-20-38)45(35-41)48-36-59-32-31-53(48)64-50-24-16-14-22-43(50)47-34-40(58(4,5)6)26-30-52(47)64/h7-36H,1-6H3. The third kappa shape index (κ3) is 6.65. The molecule has 6 heteroatoms. The van der Waals surface area contributed by atoms with Gasteiger partial charge < -0.3 is 9.13 Å². The lowest BCUT2D eigenvalue weighted by atomic mass is 9.86. The maximum absolute atomic E-state index is 5.28. The molecule has 0 atom stereocenters. The fraction of sp³-hybridized carbons (Fsp3) is 0.138. The van der Waals surface area contributed by atoms with Gasteiger partial charge >= 0.3 is 0 Å². The lowest BCUT2D eigenvalue weighted by Crippen LogP contribution is -2.10. The Hall–Kier alpha value is -7.70. The number of nitrogens with zero attached hydrogens (tertiary/aromatic N) is 6. The van der Waals surface area contributed by atoms with Crippen LogP contribution in [0.5, 0.6) is 0 Å². The quantitative estimate of drug-likeness (QED) is 0.167. The van der Waals surface area contributed by atoms with Gasteiger partial charge in [0.2, 0.25) is 0 Å². The first-order valence-corrected chi connectivity index (χ1v) is 22.1. The van der Waals surface area contributed by atoms with Crippen LogP contribution in [0.15, 0.2) is 182 Å². The van der Waals surface area contributed by atoms with Crippen LogP contribution < -0.4 is 0 Å². The van der Waals surface area contributed by atoms with Crippen molar-refractivity contribution in [1.82, 2.24) is 29.1 Å². The summed E-state index contributed by atoms with van der Waals surface area (Å²) in [5.74, 6) is 1.80. The molecule has 0 bridgehead atoms.